The highest BCUT2D eigenvalue weighted by Gasteiger charge is 2.10. The van der Waals surface area contributed by atoms with E-state index in [2.05, 4.69) is 19.0 Å². The Bertz CT molecular complexity index is 1160. The van der Waals surface area contributed by atoms with Crippen LogP contribution in [0.25, 0.3) is 0 Å². The van der Waals surface area contributed by atoms with E-state index in [1.807, 2.05) is 30.3 Å². The van der Waals surface area contributed by atoms with Gasteiger partial charge in [0.25, 0.3) is 5.91 Å². The SMILES string of the molecule is CC(C)c1ccc(OCc2cccc(C(=O)O/N=C(\N)c3ccc(OCC(N)=O)cc3)c2)cc1. The van der Waals surface area contributed by atoms with Crippen LogP contribution < -0.4 is 20.9 Å². The number of nitrogens with zero attached hydrogens (tertiary/aromatic N) is 1. The molecule has 0 atom stereocenters. The zero-order valence-corrected chi connectivity index (χ0v) is 19.1. The van der Waals surface area contributed by atoms with Crippen LogP contribution >= 0.6 is 0 Å². The maximum absolute atomic E-state index is 12.4. The van der Waals surface area contributed by atoms with Crippen molar-refractivity contribution in [2.24, 2.45) is 16.6 Å². The van der Waals surface area contributed by atoms with Gasteiger partial charge in [0.05, 0.1) is 5.56 Å². The first kappa shape index (κ1) is 24.3. The zero-order valence-electron chi connectivity index (χ0n) is 19.1. The molecule has 1 amide bonds. The molecule has 0 radical (unpaired) electrons. The Hall–Kier alpha value is -4.33. The topological polar surface area (TPSA) is 126 Å². The number of benzene rings is 3. The summed E-state index contributed by atoms with van der Waals surface area (Å²) < 4.78 is 11.0. The number of primary amides is 1. The number of amidine groups is 1. The van der Waals surface area contributed by atoms with Gasteiger partial charge in [0.15, 0.2) is 12.4 Å². The number of ether oxygens (including phenoxy) is 2. The normalized spacial score (nSPS) is 11.2. The Balaban J connectivity index is 1.56. The first-order valence-corrected chi connectivity index (χ1v) is 10.7. The zero-order chi connectivity index (χ0) is 24.5. The molecule has 0 unspecified atom stereocenters. The van der Waals surface area contributed by atoms with E-state index in [4.69, 9.17) is 25.8 Å². The van der Waals surface area contributed by atoms with Crippen LogP contribution in [0.3, 0.4) is 0 Å². The van der Waals surface area contributed by atoms with E-state index >= 15 is 0 Å². The molecule has 8 nitrogen and oxygen atoms in total. The fraction of sp³-hybridized carbons (Fsp3) is 0.192. The summed E-state index contributed by atoms with van der Waals surface area (Å²) >= 11 is 0. The van der Waals surface area contributed by atoms with Crippen LogP contribution in [0.2, 0.25) is 0 Å². The van der Waals surface area contributed by atoms with Crippen molar-refractivity contribution in [3.63, 3.8) is 0 Å². The summed E-state index contributed by atoms with van der Waals surface area (Å²) in [6.45, 7) is 4.35. The molecule has 0 fully saturated rings. The van der Waals surface area contributed by atoms with E-state index in [1.165, 1.54) is 5.56 Å². The molecule has 0 aliphatic heterocycles. The van der Waals surface area contributed by atoms with Gasteiger partial charge in [-0.1, -0.05) is 43.3 Å². The van der Waals surface area contributed by atoms with Crippen LogP contribution in [-0.2, 0) is 16.2 Å². The average molecular weight is 462 g/mol. The lowest BCUT2D eigenvalue weighted by Crippen LogP contribution is -2.20. The van der Waals surface area contributed by atoms with Gasteiger partial charge in [0, 0.05) is 5.56 Å². The second-order valence-corrected chi connectivity index (χ2v) is 7.85. The summed E-state index contributed by atoms with van der Waals surface area (Å²) in [4.78, 5) is 28.2. The second kappa shape index (κ2) is 11.5. The minimum atomic E-state index is -0.646. The first-order valence-electron chi connectivity index (χ1n) is 10.7. The van der Waals surface area contributed by atoms with Gasteiger partial charge in [-0.2, -0.15) is 0 Å². The average Bonchev–Trinajstić information content (AvgIpc) is 2.85. The molecule has 4 N–H and O–H groups in total. The highest BCUT2D eigenvalue weighted by atomic mass is 16.7. The van der Waals surface area contributed by atoms with Gasteiger partial charge in [0.1, 0.15) is 18.1 Å². The molecule has 3 aromatic rings. The van der Waals surface area contributed by atoms with Gasteiger partial charge in [-0.25, -0.2) is 4.79 Å². The molecule has 176 valence electrons. The summed E-state index contributed by atoms with van der Waals surface area (Å²) in [7, 11) is 0. The number of oxime groups is 1. The highest BCUT2D eigenvalue weighted by Crippen LogP contribution is 2.20. The molecule has 0 bridgehead atoms. The molecule has 0 saturated carbocycles. The lowest BCUT2D eigenvalue weighted by molar-refractivity contribution is -0.119. The molecule has 3 rings (SSSR count). The second-order valence-electron chi connectivity index (χ2n) is 7.85. The summed E-state index contributed by atoms with van der Waals surface area (Å²) in [6, 6.07) is 21.3. The lowest BCUT2D eigenvalue weighted by Gasteiger charge is -2.09. The standard InChI is InChI=1S/C26H27N3O5/c1-17(2)19-6-10-22(11-7-19)32-15-18-4-3-5-21(14-18)26(31)34-29-25(28)20-8-12-23(13-9-20)33-16-24(27)30/h3-14,17H,15-16H2,1-2H3,(H2,27,30)(H2,28,29). The predicted molar refractivity (Wildman–Crippen MR) is 129 cm³/mol. The monoisotopic (exact) mass is 461 g/mol. The molecule has 0 aliphatic rings. The van der Waals surface area contributed by atoms with Gasteiger partial charge in [-0.05, 0) is 65.6 Å². The van der Waals surface area contributed by atoms with E-state index in [0.29, 0.717) is 29.4 Å². The summed E-state index contributed by atoms with van der Waals surface area (Å²) in [6.07, 6.45) is 0. The van der Waals surface area contributed by atoms with Crippen molar-refractivity contribution in [2.75, 3.05) is 6.61 Å². The Morgan fingerprint density at radius 2 is 1.50 bits per heavy atom. The van der Waals surface area contributed by atoms with Crippen LogP contribution in [0.4, 0.5) is 0 Å². The van der Waals surface area contributed by atoms with Crippen molar-refractivity contribution in [3.8, 4) is 11.5 Å². The van der Waals surface area contributed by atoms with E-state index in [0.717, 1.165) is 11.3 Å². The molecule has 0 aromatic heterocycles. The van der Waals surface area contributed by atoms with Gasteiger partial charge in [0.2, 0.25) is 0 Å². The Labute approximate surface area is 198 Å². The first-order chi connectivity index (χ1) is 16.3. The Morgan fingerprint density at radius 1 is 0.853 bits per heavy atom. The molecular weight excluding hydrogens is 434 g/mol. The number of hydrogen-bond acceptors (Lipinski definition) is 6. The van der Waals surface area contributed by atoms with E-state index in [9.17, 15) is 9.59 Å². The molecule has 3 aromatic carbocycles. The summed E-state index contributed by atoms with van der Waals surface area (Å²) in [5, 5.41) is 3.72. The van der Waals surface area contributed by atoms with Crippen molar-refractivity contribution in [1.82, 2.24) is 0 Å². The molecular formula is C26H27N3O5. The summed E-state index contributed by atoms with van der Waals surface area (Å²) in [5.74, 6) is 0.442. The Morgan fingerprint density at radius 3 is 2.15 bits per heavy atom. The minimum Gasteiger partial charge on any atom is -0.489 e. The maximum atomic E-state index is 12.4. The summed E-state index contributed by atoms with van der Waals surface area (Å²) in [5.41, 5.74) is 13.8. The quantitative estimate of drug-likeness (QED) is 0.205. The van der Waals surface area contributed by atoms with Crippen LogP contribution in [0.1, 0.15) is 46.8 Å². The molecule has 0 spiro atoms. The lowest BCUT2D eigenvalue weighted by atomic mass is 10.0. The van der Waals surface area contributed by atoms with E-state index < -0.39 is 11.9 Å². The highest BCUT2D eigenvalue weighted by molar-refractivity contribution is 5.98. The van der Waals surface area contributed by atoms with Crippen molar-refractivity contribution in [3.05, 3.63) is 95.1 Å². The van der Waals surface area contributed by atoms with Crippen LogP contribution in [0.15, 0.2) is 78.0 Å². The smallest absolute Gasteiger partial charge is 0.365 e. The van der Waals surface area contributed by atoms with Gasteiger partial charge < -0.3 is 25.8 Å². The maximum Gasteiger partial charge on any atom is 0.365 e. The molecule has 8 heteroatoms. The fourth-order valence-corrected chi connectivity index (χ4v) is 2.98. The van der Waals surface area contributed by atoms with Crippen molar-refractivity contribution in [2.45, 2.75) is 26.4 Å². The largest absolute Gasteiger partial charge is 0.489 e. The van der Waals surface area contributed by atoms with Crippen molar-refractivity contribution < 1.29 is 23.9 Å². The number of carbonyl (C=O) groups excluding carboxylic acids is 2. The third-order valence-electron chi connectivity index (χ3n) is 4.87. The molecule has 0 saturated heterocycles. The number of amides is 1. The molecule has 0 heterocycles. The minimum absolute atomic E-state index is 0.0131. The van der Waals surface area contributed by atoms with Gasteiger partial charge in [-0.3, -0.25) is 4.79 Å². The number of carbonyl (C=O) groups is 2. The fourth-order valence-electron chi connectivity index (χ4n) is 2.98. The number of nitrogens with two attached hydrogens (primary N) is 2. The predicted octanol–water partition coefficient (Wildman–Crippen LogP) is 3.73. The van der Waals surface area contributed by atoms with Crippen molar-refractivity contribution in [1.29, 1.82) is 0 Å². The third kappa shape index (κ3) is 7.09. The Kier molecular flexibility index (Phi) is 8.23. The van der Waals surface area contributed by atoms with Gasteiger partial charge in [-0.15, -0.1) is 0 Å². The van der Waals surface area contributed by atoms with Gasteiger partial charge >= 0.3 is 5.97 Å². The number of hydrogen-bond donors (Lipinski definition) is 2. The van der Waals surface area contributed by atoms with Crippen LogP contribution in [0.5, 0.6) is 11.5 Å². The van der Waals surface area contributed by atoms with E-state index in [1.54, 1.807) is 42.5 Å². The molecule has 0 aliphatic carbocycles. The number of rotatable bonds is 10. The third-order valence-corrected chi connectivity index (χ3v) is 4.87. The van der Waals surface area contributed by atoms with Crippen LogP contribution in [0, 0.1) is 0 Å². The molecule has 34 heavy (non-hydrogen) atoms. The van der Waals surface area contributed by atoms with Crippen molar-refractivity contribution >= 4 is 17.7 Å². The van der Waals surface area contributed by atoms with Crippen LogP contribution in [-0.4, -0.2) is 24.3 Å². The van der Waals surface area contributed by atoms with E-state index in [-0.39, 0.29) is 12.4 Å².